The van der Waals surface area contributed by atoms with Crippen molar-refractivity contribution in [1.82, 2.24) is 10.2 Å². The first kappa shape index (κ1) is 51.8. The van der Waals surface area contributed by atoms with Crippen LogP contribution in [0.2, 0.25) is 5.02 Å². The number of aliphatic hydroxyl groups is 1. The van der Waals surface area contributed by atoms with Gasteiger partial charge in [-0.2, -0.15) is 8.78 Å². The van der Waals surface area contributed by atoms with Crippen molar-refractivity contribution in [2.24, 2.45) is 5.92 Å². The number of nitrogens with zero attached hydrogens (tertiary/aromatic N) is 2. The Labute approximate surface area is 396 Å². The molecule has 4 aliphatic rings. The largest absolute Gasteiger partial charge is 0.495 e. The van der Waals surface area contributed by atoms with Gasteiger partial charge in [0.25, 0.3) is 0 Å². The number of carbonyl (C=O) groups is 4. The van der Waals surface area contributed by atoms with E-state index in [2.05, 4.69) is 10.1 Å². The van der Waals surface area contributed by atoms with Gasteiger partial charge in [-0.1, -0.05) is 63.9 Å². The van der Waals surface area contributed by atoms with E-state index in [1.807, 2.05) is 19.9 Å². The lowest BCUT2D eigenvalue weighted by molar-refractivity contribution is -0.142. The second-order valence-corrected chi connectivity index (χ2v) is 19.8. The maximum absolute atomic E-state index is 14.2. The molecule has 4 aliphatic heterocycles. The van der Waals surface area contributed by atoms with Crippen LogP contribution in [0.4, 0.5) is 32.4 Å². The molecule has 0 aromatic heterocycles. The first-order valence-corrected chi connectivity index (χ1v) is 24.0. The van der Waals surface area contributed by atoms with Crippen molar-refractivity contribution in [3.05, 3.63) is 87.4 Å². The van der Waals surface area contributed by atoms with Crippen LogP contribution >= 0.6 is 33.2 Å². The molecule has 2 saturated heterocycles. The molecule has 4 heterocycles. The lowest BCUT2D eigenvalue weighted by Crippen LogP contribution is -2.63. The van der Waals surface area contributed by atoms with E-state index in [9.17, 15) is 46.2 Å². The molecule has 4 bridgehead atoms. The quantitative estimate of drug-likeness (QED) is 0.0293. The molecular formula is C45H51ClF5N3O11S2. The molecule has 0 aliphatic carbocycles. The van der Waals surface area contributed by atoms with Gasteiger partial charge in [0.1, 0.15) is 40.9 Å². The fourth-order valence-electron chi connectivity index (χ4n) is 8.17. The summed E-state index contributed by atoms with van der Waals surface area (Å²) in [5, 5.41) is 14.6. The Kier molecular flexibility index (Phi) is 16.6. The fraction of sp³-hybridized carbons (Fsp3) is 0.511. The van der Waals surface area contributed by atoms with E-state index < -0.39 is 94.6 Å². The van der Waals surface area contributed by atoms with Crippen molar-refractivity contribution in [1.29, 1.82) is 0 Å². The third-order valence-corrected chi connectivity index (χ3v) is 15.0. The zero-order valence-corrected chi connectivity index (χ0v) is 40.0. The number of epoxide rings is 1. The van der Waals surface area contributed by atoms with Gasteiger partial charge >= 0.3 is 12.1 Å². The number of rotatable bonds is 13. The molecule has 0 unspecified atom stereocenters. The zero-order chi connectivity index (χ0) is 49.1. The van der Waals surface area contributed by atoms with Crippen LogP contribution in [-0.2, 0) is 39.8 Å². The maximum atomic E-state index is 14.2. The van der Waals surface area contributed by atoms with E-state index in [1.54, 1.807) is 51.4 Å². The minimum absolute atomic E-state index is 0.0731. The maximum Gasteiger partial charge on any atom is 0.409 e. The smallest absolute Gasteiger partial charge is 0.409 e. The van der Waals surface area contributed by atoms with Gasteiger partial charge in [0.2, 0.25) is 46.6 Å². The molecule has 3 amide bonds. The van der Waals surface area contributed by atoms with Gasteiger partial charge in [-0.25, -0.2) is 18.0 Å². The Hall–Kier alpha value is -4.54. The van der Waals surface area contributed by atoms with Crippen LogP contribution in [0.15, 0.2) is 47.8 Å². The summed E-state index contributed by atoms with van der Waals surface area (Å²) in [5.74, 6) is -13.9. The molecule has 366 valence electrons. The number of alkyl carbamates (subject to hydrolysis) is 1. The highest BCUT2D eigenvalue weighted by Gasteiger charge is 2.68. The molecule has 0 saturated carbocycles. The van der Waals surface area contributed by atoms with Crippen LogP contribution in [-0.4, -0.2) is 115 Å². The Bertz CT molecular complexity index is 2330. The molecule has 8 atom stereocenters. The number of allylic oxidation sites excluding steroid dienone is 3. The average molecular weight is 1000 g/mol. The van der Waals surface area contributed by atoms with Gasteiger partial charge in [0.15, 0.2) is 11.3 Å². The van der Waals surface area contributed by atoms with Gasteiger partial charge in [-0.05, 0) is 50.5 Å². The number of amides is 3. The summed E-state index contributed by atoms with van der Waals surface area (Å²) in [6.45, 7) is 5.48. The Balaban J connectivity index is 1.13. The number of hydrogen-bond donors (Lipinski definition) is 2. The van der Waals surface area contributed by atoms with E-state index in [4.69, 9.17) is 35.3 Å². The highest BCUT2D eigenvalue weighted by molar-refractivity contribution is 8.76. The van der Waals surface area contributed by atoms with Crippen molar-refractivity contribution in [3.8, 4) is 11.5 Å². The number of halogens is 6. The van der Waals surface area contributed by atoms with Gasteiger partial charge in [-0.15, -0.1) is 0 Å². The van der Waals surface area contributed by atoms with E-state index in [0.717, 1.165) is 11.1 Å². The van der Waals surface area contributed by atoms with Crippen molar-refractivity contribution in [2.75, 3.05) is 44.7 Å². The number of anilines is 1. The number of carbonyl (C=O) groups excluding carboxylic acids is 4. The first-order chi connectivity index (χ1) is 31.7. The monoisotopic (exact) mass is 1000 g/mol. The van der Waals surface area contributed by atoms with E-state index in [-0.39, 0.29) is 48.9 Å². The first-order valence-electron chi connectivity index (χ1n) is 21.2. The highest BCUT2D eigenvalue weighted by Crippen LogP contribution is 2.54. The molecule has 2 aromatic carbocycles. The van der Waals surface area contributed by atoms with Crippen LogP contribution in [0, 0.1) is 35.0 Å². The van der Waals surface area contributed by atoms with Crippen LogP contribution in [0.1, 0.15) is 58.4 Å². The third kappa shape index (κ3) is 11.2. The third-order valence-electron chi connectivity index (χ3n) is 12.2. The van der Waals surface area contributed by atoms with Crippen molar-refractivity contribution < 1.29 is 74.7 Å². The Morgan fingerprint density at radius 2 is 1.72 bits per heavy atom. The minimum Gasteiger partial charge on any atom is -0.495 e. The van der Waals surface area contributed by atoms with Crippen LogP contribution in [0.25, 0.3) is 0 Å². The summed E-state index contributed by atoms with van der Waals surface area (Å²) >= 11 is 6.79. The number of esters is 1. The normalized spacial score (nSPS) is 27.8. The summed E-state index contributed by atoms with van der Waals surface area (Å²) in [6, 6.07) is 2.94. The Morgan fingerprint density at radius 1 is 1.04 bits per heavy atom. The number of nitrogens with one attached hydrogen (secondary N) is 1. The lowest BCUT2D eigenvalue weighted by atomic mass is 9.83. The number of methoxy groups -OCH3 is 2. The molecule has 22 heteroatoms. The van der Waals surface area contributed by atoms with Gasteiger partial charge in [0.05, 0.1) is 25.3 Å². The van der Waals surface area contributed by atoms with E-state index >= 15 is 0 Å². The van der Waals surface area contributed by atoms with Crippen LogP contribution < -0.4 is 19.7 Å². The van der Waals surface area contributed by atoms with E-state index in [0.29, 0.717) is 35.1 Å². The van der Waals surface area contributed by atoms with Gasteiger partial charge in [-0.3, -0.25) is 19.7 Å². The summed E-state index contributed by atoms with van der Waals surface area (Å²) in [6.07, 6.45) is 2.74. The van der Waals surface area contributed by atoms with Crippen molar-refractivity contribution in [2.45, 2.75) is 101 Å². The SMILES string of the molecule is COc1cc2cc(c1Cl)N(C)C(=O)C[C@@H]1OC([C@H](C)N(C)C(=O)CCSSCCCC(=O)Oc3c(F)c(F)c(F)c(F)c3F)=C[C@]13O[C@H]3[C@H](C)[C@@H]1C[C@@](O)(NC(=O)O1)[C@H](OC)/C=C/C=C(\C)C2. The van der Waals surface area contributed by atoms with Gasteiger partial charge < -0.3 is 43.3 Å². The second kappa shape index (κ2) is 21.4. The highest BCUT2D eigenvalue weighted by atomic mass is 35.5. The zero-order valence-electron chi connectivity index (χ0n) is 37.6. The molecule has 2 N–H and O–H groups in total. The second-order valence-electron chi connectivity index (χ2n) is 16.7. The summed E-state index contributed by atoms with van der Waals surface area (Å²) in [7, 11) is 8.70. The molecule has 2 aromatic rings. The number of fused-ring (bicyclic) bond motifs is 4. The minimum atomic E-state index is -2.37. The molecular weight excluding hydrogens is 953 g/mol. The molecule has 1 spiro atoms. The molecule has 6 rings (SSSR count). The number of likely N-dealkylation sites (N-methyl/N-ethyl adjacent to an activating group) is 1. The van der Waals surface area contributed by atoms with Crippen LogP contribution in [0.5, 0.6) is 11.5 Å². The van der Waals surface area contributed by atoms with Crippen molar-refractivity contribution in [3.63, 3.8) is 0 Å². The topological polar surface area (TPSA) is 166 Å². The predicted molar refractivity (Wildman–Crippen MR) is 239 cm³/mol. The summed E-state index contributed by atoms with van der Waals surface area (Å²) in [4.78, 5) is 55.7. The fourth-order valence-corrected chi connectivity index (χ4v) is 10.5. The molecule has 0 radical (unpaired) electrons. The molecule has 67 heavy (non-hydrogen) atoms. The summed E-state index contributed by atoms with van der Waals surface area (Å²) < 4.78 is 102. The lowest BCUT2D eigenvalue weighted by Gasteiger charge is -2.42. The summed E-state index contributed by atoms with van der Waals surface area (Å²) in [5.41, 5.74) is -0.943. The predicted octanol–water partition coefficient (Wildman–Crippen LogP) is 7.72. The Morgan fingerprint density at radius 3 is 2.39 bits per heavy atom. The standard InChI is InChI=1S/C45H51ClF5N3O11S2/c1-22-10-8-11-30(61-7)45(59)21-28(63-43(58)52-45)23(2)42-44(65-42)20-29(62-31(44)19-33(56)54(5)26-17-25(16-22)18-27(60-6)35(26)46)24(3)53(4)32(55)13-15-67-66-14-9-12-34(57)64-41-39(50)37(48)36(47)38(49)40(41)51/h8,10-11,17-18,20,23-24,28,30-31,42,59H,9,12-16,19,21H2,1-7H3,(H,52,58)/b11-8+,22-10+/t23-,24+,28+,30-,31+,42+,44+,45+/m1/s1. The number of benzene rings is 2. The molecule has 2 fully saturated rings. The van der Waals surface area contributed by atoms with Crippen molar-refractivity contribution >= 4 is 62.8 Å². The van der Waals surface area contributed by atoms with Gasteiger partial charge in [0, 0.05) is 57.9 Å². The van der Waals surface area contributed by atoms with Crippen LogP contribution in [0.3, 0.4) is 0 Å². The average Bonchev–Trinajstić information content (AvgIpc) is 3.91. The number of ether oxygens (including phenoxy) is 6. The van der Waals surface area contributed by atoms with E-state index in [1.165, 1.54) is 45.6 Å². The number of hydrogen-bond acceptors (Lipinski definition) is 13. The molecule has 14 nitrogen and oxygen atoms in total.